The maximum atomic E-state index is 12.1. The van der Waals surface area contributed by atoms with Crippen molar-refractivity contribution in [3.8, 4) is 0 Å². The van der Waals surface area contributed by atoms with Crippen molar-refractivity contribution in [2.75, 3.05) is 32.7 Å². The van der Waals surface area contributed by atoms with Gasteiger partial charge in [0.1, 0.15) is 5.76 Å². The summed E-state index contributed by atoms with van der Waals surface area (Å²) >= 11 is 0. The molecule has 1 aliphatic heterocycles. The number of amides is 1. The van der Waals surface area contributed by atoms with Gasteiger partial charge in [0.2, 0.25) is 0 Å². The van der Waals surface area contributed by atoms with Crippen molar-refractivity contribution in [2.24, 2.45) is 0 Å². The first kappa shape index (κ1) is 14.0. The minimum absolute atomic E-state index is 0.0836. The summed E-state index contributed by atoms with van der Waals surface area (Å²) in [5, 5.41) is 13.5. The predicted octanol–water partition coefficient (Wildman–Crippen LogP) is 0.512. The van der Waals surface area contributed by atoms with Gasteiger partial charge in [0.15, 0.2) is 5.69 Å². The SMILES string of the molecule is Cc1cc(C(=O)N2CCN(CC(C)(C)O)CC2)no1. The van der Waals surface area contributed by atoms with Crippen LogP contribution in [-0.4, -0.2) is 64.3 Å². The summed E-state index contributed by atoms with van der Waals surface area (Å²) in [6.07, 6.45) is 0. The summed E-state index contributed by atoms with van der Waals surface area (Å²) in [4.78, 5) is 16.1. The fraction of sp³-hybridized carbons (Fsp3) is 0.692. The number of aliphatic hydroxyl groups is 1. The van der Waals surface area contributed by atoms with Crippen LogP contribution in [0, 0.1) is 6.92 Å². The Hall–Kier alpha value is -1.40. The number of aryl methyl sites for hydroxylation is 1. The maximum Gasteiger partial charge on any atom is 0.276 e. The molecule has 1 aromatic rings. The van der Waals surface area contributed by atoms with Crippen molar-refractivity contribution < 1.29 is 14.4 Å². The van der Waals surface area contributed by atoms with E-state index in [0.717, 1.165) is 13.1 Å². The number of aromatic nitrogens is 1. The summed E-state index contributed by atoms with van der Waals surface area (Å²) in [5.74, 6) is 0.559. The molecule has 0 aliphatic carbocycles. The van der Waals surface area contributed by atoms with Gasteiger partial charge in [-0.25, -0.2) is 0 Å². The highest BCUT2D eigenvalue weighted by molar-refractivity contribution is 5.92. The van der Waals surface area contributed by atoms with Crippen LogP contribution in [0.15, 0.2) is 10.6 Å². The second-order valence-corrected chi connectivity index (χ2v) is 5.70. The monoisotopic (exact) mass is 267 g/mol. The zero-order valence-electron chi connectivity index (χ0n) is 11.7. The van der Waals surface area contributed by atoms with E-state index < -0.39 is 5.60 Å². The fourth-order valence-corrected chi connectivity index (χ4v) is 2.29. The van der Waals surface area contributed by atoms with Gasteiger partial charge in [-0.2, -0.15) is 0 Å². The first-order valence-corrected chi connectivity index (χ1v) is 6.52. The second kappa shape index (κ2) is 5.30. The molecule has 0 radical (unpaired) electrons. The third-order valence-corrected chi connectivity index (χ3v) is 3.12. The smallest absolute Gasteiger partial charge is 0.276 e. The summed E-state index contributed by atoms with van der Waals surface area (Å²) in [5.41, 5.74) is -0.330. The van der Waals surface area contributed by atoms with Gasteiger partial charge < -0.3 is 14.5 Å². The molecule has 1 amide bonds. The molecule has 0 atom stereocenters. The lowest BCUT2D eigenvalue weighted by Gasteiger charge is -2.36. The summed E-state index contributed by atoms with van der Waals surface area (Å²) in [6, 6.07) is 1.66. The number of hydrogen-bond donors (Lipinski definition) is 1. The highest BCUT2D eigenvalue weighted by atomic mass is 16.5. The molecule has 2 heterocycles. The number of nitrogens with zero attached hydrogens (tertiary/aromatic N) is 3. The molecule has 1 aliphatic rings. The molecule has 0 unspecified atom stereocenters. The Bertz CT molecular complexity index is 442. The molecule has 0 spiro atoms. The number of carbonyl (C=O) groups excluding carboxylic acids is 1. The highest BCUT2D eigenvalue weighted by Gasteiger charge is 2.26. The largest absolute Gasteiger partial charge is 0.389 e. The normalized spacial score (nSPS) is 17.8. The molecule has 1 N–H and O–H groups in total. The first-order chi connectivity index (χ1) is 8.85. The van der Waals surface area contributed by atoms with Gasteiger partial charge in [-0.15, -0.1) is 0 Å². The van der Waals surface area contributed by atoms with E-state index in [1.54, 1.807) is 31.7 Å². The van der Waals surface area contributed by atoms with E-state index in [9.17, 15) is 9.90 Å². The van der Waals surface area contributed by atoms with Gasteiger partial charge >= 0.3 is 0 Å². The molecule has 2 rings (SSSR count). The first-order valence-electron chi connectivity index (χ1n) is 6.52. The van der Waals surface area contributed by atoms with Crippen molar-refractivity contribution in [3.63, 3.8) is 0 Å². The number of hydrogen-bond acceptors (Lipinski definition) is 5. The topological polar surface area (TPSA) is 69.8 Å². The summed E-state index contributed by atoms with van der Waals surface area (Å²) < 4.78 is 4.92. The molecular formula is C13H21N3O3. The van der Waals surface area contributed by atoms with Crippen LogP contribution in [0.25, 0.3) is 0 Å². The van der Waals surface area contributed by atoms with Gasteiger partial charge in [0.25, 0.3) is 5.91 Å². The summed E-state index contributed by atoms with van der Waals surface area (Å²) in [7, 11) is 0. The average molecular weight is 267 g/mol. The predicted molar refractivity (Wildman–Crippen MR) is 69.9 cm³/mol. The molecule has 1 saturated heterocycles. The fourth-order valence-electron chi connectivity index (χ4n) is 2.29. The molecule has 0 aromatic carbocycles. The zero-order valence-corrected chi connectivity index (χ0v) is 11.7. The van der Waals surface area contributed by atoms with Gasteiger partial charge in [0, 0.05) is 38.8 Å². The Morgan fingerprint density at radius 1 is 1.42 bits per heavy atom. The summed E-state index contributed by atoms with van der Waals surface area (Å²) in [6.45, 7) is 8.83. The minimum atomic E-state index is -0.699. The van der Waals surface area contributed by atoms with Gasteiger partial charge in [-0.3, -0.25) is 9.69 Å². The van der Waals surface area contributed by atoms with Crippen LogP contribution in [0.5, 0.6) is 0 Å². The van der Waals surface area contributed by atoms with E-state index in [4.69, 9.17) is 4.52 Å². The van der Waals surface area contributed by atoms with Gasteiger partial charge in [-0.1, -0.05) is 5.16 Å². The Morgan fingerprint density at radius 2 is 2.05 bits per heavy atom. The molecule has 1 aromatic heterocycles. The van der Waals surface area contributed by atoms with E-state index >= 15 is 0 Å². The van der Waals surface area contributed by atoms with Crippen molar-refractivity contribution in [1.82, 2.24) is 15.0 Å². The van der Waals surface area contributed by atoms with Crippen molar-refractivity contribution in [2.45, 2.75) is 26.4 Å². The number of carbonyl (C=O) groups is 1. The van der Waals surface area contributed by atoms with Crippen LogP contribution in [-0.2, 0) is 0 Å². The Morgan fingerprint density at radius 3 is 2.53 bits per heavy atom. The molecule has 1 fully saturated rings. The van der Waals surface area contributed by atoms with Crippen LogP contribution >= 0.6 is 0 Å². The molecular weight excluding hydrogens is 246 g/mol. The molecule has 0 bridgehead atoms. The molecule has 106 valence electrons. The van der Waals surface area contributed by atoms with Crippen LogP contribution < -0.4 is 0 Å². The lowest BCUT2D eigenvalue weighted by Crippen LogP contribution is -2.52. The molecule has 6 heteroatoms. The lowest BCUT2D eigenvalue weighted by molar-refractivity contribution is 0.0176. The lowest BCUT2D eigenvalue weighted by atomic mass is 10.1. The van der Waals surface area contributed by atoms with Crippen molar-refractivity contribution >= 4 is 5.91 Å². The second-order valence-electron chi connectivity index (χ2n) is 5.70. The van der Waals surface area contributed by atoms with Crippen LogP contribution in [0.2, 0.25) is 0 Å². The van der Waals surface area contributed by atoms with Gasteiger partial charge in [0.05, 0.1) is 5.60 Å². The standard InChI is InChI=1S/C13H21N3O3/c1-10-8-11(14-19-10)12(17)16-6-4-15(5-7-16)9-13(2,3)18/h8,18H,4-7,9H2,1-3H3. The Labute approximate surface area is 113 Å². The molecule has 19 heavy (non-hydrogen) atoms. The highest BCUT2D eigenvalue weighted by Crippen LogP contribution is 2.11. The van der Waals surface area contributed by atoms with Crippen molar-refractivity contribution in [1.29, 1.82) is 0 Å². The van der Waals surface area contributed by atoms with E-state index in [0.29, 0.717) is 31.1 Å². The zero-order chi connectivity index (χ0) is 14.0. The Kier molecular flexibility index (Phi) is 3.91. The van der Waals surface area contributed by atoms with E-state index in [-0.39, 0.29) is 5.91 Å². The number of β-amino-alcohol motifs (C(OH)–C–C–N with tert-alkyl or cyclic N) is 1. The van der Waals surface area contributed by atoms with Crippen molar-refractivity contribution in [3.05, 3.63) is 17.5 Å². The van der Waals surface area contributed by atoms with E-state index in [2.05, 4.69) is 10.1 Å². The number of piperazine rings is 1. The van der Waals surface area contributed by atoms with Crippen LogP contribution in [0.1, 0.15) is 30.1 Å². The van der Waals surface area contributed by atoms with E-state index in [1.807, 2.05) is 0 Å². The van der Waals surface area contributed by atoms with E-state index in [1.165, 1.54) is 0 Å². The molecule has 6 nitrogen and oxygen atoms in total. The third kappa shape index (κ3) is 3.78. The maximum absolute atomic E-state index is 12.1. The average Bonchev–Trinajstić information content (AvgIpc) is 2.74. The van der Waals surface area contributed by atoms with Gasteiger partial charge in [-0.05, 0) is 20.8 Å². The minimum Gasteiger partial charge on any atom is -0.389 e. The third-order valence-electron chi connectivity index (χ3n) is 3.12. The quantitative estimate of drug-likeness (QED) is 0.864. The Balaban J connectivity index is 1.88. The van der Waals surface area contributed by atoms with Crippen LogP contribution in [0.3, 0.4) is 0 Å². The number of rotatable bonds is 3. The molecule has 0 saturated carbocycles. The van der Waals surface area contributed by atoms with Crippen LogP contribution in [0.4, 0.5) is 0 Å².